The summed E-state index contributed by atoms with van der Waals surface area (Å²) in [7, 11) is -10.8. The molecule has 2 aliphatic heterocycles. The molecule has 0 spiro atoms. The van der Waals surface area contributed by atoms with E-state index in [1.54, 1.807) is 0 Å². The molecule has 0 radical (unpaired) electrons. The number of nitrogens with two attached hydrogens (primary N) is 2. The van der Waals surface area contributed by atoms with Crippen LogP contribution in [0.25, 0.3) is 0 Å². The number of rotatable bonds is 4. The van der Waals surface area contributed by atoms with E-state index in [0.717, 1.165) is 0 Å². The van der Waals surface area contributed by atoms with Crippen LogP contribution in [0.2, 0.25) is 9.63 Å². The van der Waals surface area contributed by atoms with Gasteiger partial charge in [0.1, 0.15) is 0 Å². The first-order valence-electron chi connectivity index (χ1n) is 7.29. The molecular formula is C10H22N4O10S3Se2. The van der Waals surface area contributed by atoms with Crippen molar-refractivity contribution >= 4 is 69.5 Å². The Morgan fingerprint density at radius 3 is 1.17 bits per heavy atom. The van der Waals surface area contributed by atoms with E-state index < -0.39 is 42.3 Å². The average molecular weight is 612 g/mol. The van der Waals surface area contributed by atoms with Crippen molar-refractivity contribution in [3.05, 3.63) is 0 Å². The maximum Gasteiger partial charge on any atom is 0.394 e. The quantitative estimate of drug-likeness (QED) is 0.0647. The van der Waals surface area contributed by atoms with Crippen LogP contribution < -0.4 is 11.5 Å². The van der Waals surface area contributed by atoms with Crippen molar-refractivity contribution in [2.75, 3.05) is 23.0 Å². The molecular weight excluding hydrogens is 590 g/mol. The second-order valence-electron chi connectivity index (χ2n) is 5.78. The van der Waals surface area contributed by atoms with Gasteiger partial charge >= 0.3 is 164 Å². The van der Waals surface area contributed by atoms with Gasteiger partial charge in [0.15, 0.2) is 0 Å². The molecule has 2 saturated heterocycles. The van der Waals surface area contributed by atoms with Crippen molar-refractivity contribution in [2.45, 2.75) is 21.8 Å². The van der Waals surface area contributed by atoms with Gasteiger partial charge in [-0.3, -0.25) is 9.11 Å². The van der Waals surface area contributed by atoms with Crippen LogP contribution in [0.15, 0.2) is 0 Å². The molecule has 14 nitrogen and oxygen atoms in total. The molecule has 0 aromatic rings. The molecule has 0 aliphatic carbocycles. The molecule has 0 saturated carbocycles. The molecule has 19 heteroatoms. The molecule has 4 unspecified atom stereocenters. The van der Waals surface area contributed by atoms with Crippen molar-refractivity contribution in [1.82, 2.24) is 0 Å². The molecule has 4 atom stereocenters. The van der Waals surface area contributed by atoms with E-state index in [2.05, 4.69) is 0 Å². The van der Waals surface area contributed by atoms with E-state index in [-0.39, 0.29) is 72.0 Å². The zero-order valence-corrected chi connectivity index (χ0v) is 20.4. The Bertz CT molecular complexity index is 840. The van der Waals surface area contributed by atoms with Gasteiger partial charge in [0.25, 0.3) is 0 Å². The molecule has 0 aromatic carbocycles. The fourth-order valence-corrected chi connectivity index (χ4v) is 12.0. The Balaban J connectivity index is 0.000000442. The standard InChI is InChI=1S/2C5H10N2O3SSe.H2O4S/c2*6-5(7)12-4-2-11(9,10)1-3(4)8;1-5(2,3)4/h2*3-4,8H,1-2H2,(H3,6,7);(H2,1,2,3,4). The number of nitrogens with one attached hydrogen (secondary N) is 2. The third kappa shape index (κ3) is 14.3. The number of sulfone groups is 2. The van der Waals surface area contributed by atoms with Crippen LogP contribution in [0, 0.1) is 10.8 Å². The average Bonchev–Trinajstić information content (AvgIpc) is 2.81. The Hall–Kier alpha value is -0.331. The van der Waals surface area contributed by atoms with E-state index in [4.69, 9.17) is 39.8 Å². The van der Waals surface area contributed by atoms with Gasteiger partial charge in [-0.2, -0.15) is 8.42 Å². The summed E-state index contributed by atoms with van der Waals surface area (Å²) in [6, 6.07) is 0. The molecule has 0 amide bonds. The van der Waals surface area contributed by atoms with Crippen LogP contribution in [0.1, 0.15) is 0 Å². The summed E-state index contributed by atoms with van der Waals surface area (Å²) in [4.78, 5) is -0.639. The maximum atomic E-state index is 11.0. The monoisotopic (exact) mass is 614 g/mol. The normalized spacial score (nSPS) is 29.7. The topological polar surface area (TPSA) is 283 Å². The van der Waals surface area contributed by atoms with E-state index in [9.17, 15) is 27.0 Å². The SMILES string of the molecule is N=C(N)[Se]C1CS(=O)(=O)CC1O.N=C(N)[Se]C1CS(=O)(=O)CC1O.O=S(=O)(O)O. The van der Waals surface area contributed by atoms with Gasteiger partial charge in [-0.25, -0.2) is 0 Å². The summed E-state index contributed by atoms with van der Waals surface area (Å²) >= 11 is -0.772. The predicted octanol–water partition coefficient (Wildman–Crippen LogP) is -4.33. The maximum absolute atomic E-state index is 11.0. The minimum atomic E-state index is -4.67. The molecule has 2 rings (SSSR count). The molecule has 2 heterocycles. The number of aliphatic hydroxyl groups excluding tert-OH is 2. The van der Waals surface area contributed by atoms with Crippen molar-refractivity contribution in [2.24, 2.45) is 11.5 Å². The van der Waals surface area contributed by atoms with Gasteiger partial charge in [0.05, 0.1) is 0 Å². The second kappa shape index (κ2) is 11.3. The Labute approximate surface area is 180 Å². The molecule has 2 aliphatic rings. The zero-order chi connectivity index (χ0) is 23.2. The third-order valence-electron chi connectivity index (χ3n) is 3.10. The first-order chi connectivity index (χ1) is 12.8. The molecule has 172 valence electrons. The summed E-state index contributed by atoms with van der Waals surface area (Å²) in [5, 5.41) is 32.5. The summed E-state index contributed by atoms with van der Waals surface area (Å²) in [6.45, 7) is 0. The minimum absolute atomic E-state index is 0.0105. The summed E-state index contributed by atoms with van der Waals surface area (Å²) in [6.07, 6.45) is -1.64. The van der Waals surface area contributed by atoms with E-state index in [1.165, 1.54) is 0 Å². The molecule has 29 heavy (non-hydrogen) atoms. The van der Waals surface area contributed by atoms with Crippen molar-refractivity contribution < 1.29 is 44.6 Å². The van der Waals surface area contributed by atoms with Gasteiger partial charge in [-0.05, 0) is 0 Å². The van der Waals surface area contributed by atoms with Crippen LogP contribution in [0.5, 0.6) is 0 Å². The first-order valence-corrected chi connectivity index (χ1v) is 16.0. The summed E-state index contributed by atoms with van der Waals surface area (Å²) in [5.74, 6) is -0.388. The van der Waals surface area contributed by atoms with Gasteiger partial charge in [-0.1, -0.05) is 0 Å². The fraction of sp³-hybridized carbons (Fsp3) is 0.800. The summed E-state index contributed by atoms with van der Waals surface area (Å²) < 4.78 is 75.4. The van der Waals surface area contributed by atoms with Gasteiger partial charge in [0.2, 0.25) is 0 Å². The van der Waals surface area contributed by atoms with Crippen LogP contribution in [-0.2, 0) is 30.1 Å². The number of hydrogen-bond donors (Lipinski definition) is 8. The third-order valence-corrected chi connectivity index (χ3v) is 11.8. The van der Waals surface area contributed by atoms with Crippen LogP contribution in [0.3, 0.4) is 0 Å². The predicted molar refractivity (Wildman–Crippen MR) is 106 cm³/mol. The Morgan fingerprint density at radius 1 is 0.793 bits per heavy atom. The fourth-order valence-electron chi connectivity index (χ4n) is 2.15. The molecule has 0 aromatic heterocycles. The molecule has 10 N–H and O–H groups in total. The smallest absolute Gasteiger partial charge is 0.264 e. The number of hydrogen-bond acceptors (Lipinski definition) is 10. The van der Waals surface area contributed by atoms with Crippen LogP contribution >= 0.6 is 0 Å². The largest absolute Gasteiger partial charge is 0.394 e. The van der Waals surface area contributed by atoms with Gasteiger partial charge < -0.3 is 0 Å². The first kappa shape index (κ1) is 28.7. The zero-order valence-electron chi connectivity index (χ0n) is 14.6. The van der Waals surface area contributed by atoms with Crippen LogP contribution in [0.4, 0.5) is 0 Å². The Kier molecular flexibility index (Phi) is 11.2. The molecule has 0 bridgehead atoms. The second-order valence-corrected chi connectivity index (χ2v) is 16.4. The van der Waals surface area contributed by atoms with E-state index in [0.29, 0.717) is 0 Å². The van der Waals surface area contributed by atoms with E-state index in [1.807, 2.05) is 0 Å². The van der Waals surface area contributed by atoms with Gasteiger partial charge in [-0.15, -0.1) is 0 Å². The van der Waals surface area contributed by atoms with Crippen molar-refractivity contribution in [3.63, 3.8) is 0 Å². The molecule has 2 fully saturated rings. The number of aliphatic hydroxyl groups is 2. The van der Waals surface area contributed by atoms with Crippen molar-refractivity contribution in [3.8, 4) is 0 Å². The minimum Gasteiger partial charge on any atom is -0.264 e. The number of amidine groups is 2. The van der Waals surface area contributed by atoms with E-state index >= 15 is 0 Å². The van der Waals surface area contributed by atoms with Crippen LogP contribution in [-0.4, -0.2) is 119 Å². The summed E-state index contributed by atoms with van der Waals surface area (Å²) in [5.41, 5.74) is 10.3. The Morgan fingerprint density at radius 2 is 1.03 bits per heavy atom. The van der Waals surface area contributed by atoms with Crippen molar-refractivity contribution in [1.29, 1.82) is 10.8 Å². The van der Waals surface area contributed by atoms with Gasteiger partial charge in [0, 0.05) is 0 Å².